The fraction of sp³-hybridized carbons (Fsp3) is 0.636. The van der Waals surface area contributed by atoms with Crippen molar-refractivity contribution < 1.29 is 14.3 Å². The Balaban J connectivity index is 1.90. The maximum atomic E-state index is 11.8. The molecule has 0 spiro atoms. The van der Waals surface area contributed by atoms with E-state index in [1.165, 1.54) is 12.8 Å². The molecule has 0 bridgehead atoms. The van der Waals surface area contributed by atoms with Gasteiger partial charge in [0.2, 0.25) is 5.91 Å². The summed E-state index contributed by atoms with van der Waals surface area (Å²) in [5.74, 6) is 1.50. The number of nitrogens with zero attached hydrogens (tertiary/aromatic N) is 2. The molecule has 1 aromatic carbocycles. The van der Waals surface area contributed by atoms with Crippen LogP contribution in [0.15, 0.2) is 18.2 Å². The number of hydrogen-bond donors (Lipinski definition) is 0. The standard InChI is InChI=1S/C22H30N2O3/c1-16(25)24(2)18-7-6-12-22(14-18,15-23)17-10-11-20(26-3)21(13-17)27-19-8-4-5-9-19/h10-11,13,18-19H,4-9,12,14H2,1-3H3/t18-,22+/m1/s1. The van der Waals surface area contributed by atoms with Gasteiger partial charge < -0.3 is 14.4 Å². The average molecular weight is 370 g/mol. The van der Waals surface area contributed by atoms with Crippen molar-refractivity contribution in [2.75, 3.05) is 14.2 Å². The van der Waals surface area contributed by atoms with E-state index in [4.69, 9.17) is 9.47 Å². The molecule has 2 aliphatic rings. The molecule has 2 aliphatic carbocycles. The predicted octanol–water partition coefficient (Wildman–Crippen LogP) is 4.20. The maximum Gasteiger partial charge on any atom is 0.219 e. The zero-order chi connectivity index (χ0) is 19.4. The highest BCUT2D eigenvalue weighted by atomic mass is 16.5. The van der Waals surface area contributed by atoms with Crippen LogP contribution in [-0.4, -0.2) is 37.1 Å². The van der Waals surface area contributed by atoms with E-state index in [2.05, 4.69) is 6.07 Å². The molecule has 0 radical (unpaired) electrons. The lowest BCUT2D eigenvalue weighted by atomic mass is 9.68. The zero-order valence-corrected chi connectivity index (χ0v) is 16.7. The first kappa shape index (κ1) is 19.5. The van der Waals surface area contributed by atoms with Crippen molar-refractivity contribution in [3.63, 3.8) is 0 Å². The zero-order valence-electron chi connectivity index (χ0n) is 16.7. The van der Waals surface area contributed by atoms with Crippen LogP contribution in [0.25, 0.3) is 0 Å². The van der Waals surface area contributed by atoms with Gasteiger partial charge in [-0.05, 0) is 69.1 Å². The molecule has 1 aromatic rings. The first-order chi connectivity index (χ1) is 13.0. The van der Waals surface area contributed by atoms with Gasteiger partial charge in [-0.25, -0.2) is 0 Å². The molecule has 5 nitrogen and oxygen atoms in total. The lowest BCUT2D eigenvalue weighted by molar-refractivity contribution is -0.130. The van der Waals surface area contributed by atoms with Crippen molar-refractivity contribution in [2.45, 2.75) is 75.9 Å². The second kappa shape index (κ2) is 8.21. The molecule has 0 N–H and O–H groups in total. The van der Waals surface area contributed by atoms with E-state index in [0.29, 0.717) is 12.2 Å². The van der Waals surface area contributed by atoms with Gasteiger partial charge in [0, 0.05) is 20.0 Å². The molecular weight excluding hydrogens is 340 g/mol. The summed E-state index contributed by atoms with van der Waals surface area (Å²) < 4.78 is 11.7. The molecule has 0 unspecified atom stereocenters. The third kappa shape index (κ3) is 4.05. The number of hydrogen-bond acceptors (Lipinski definition) is 4. The van der Waals surface area contributed by atoms with Gasteiger partial charge in [0.05, 0.1) is 24.7 Å². The number of ether oxygens (including phenoxy) is 2. The van der Waals surface area contributed by atoms with Crippen molar-refractivity contribution in [2.24, 2.45) is 0 Å². The summed E-state index contributed by atoms with van der Waals surface area (Å²) in [6.07, 6.45) is 8.12. The highest BCUT2D eigenvalue weighted by Crippen LogP contribution is 2.43. The van der Waals surface area contributed by atoms with Crippen molar-refractivity contribution in [1.29, 1.82) is 5.26 Å². The minimum absolute atomic E-state index is 0.0497. The lowest BCUT2D eigenvalue weighted by Crippen LogP contribution is -2.44. The van der Waals surface area contributed by atoms with E-state index in [-0.39, 0.29) is 18.1 Å². The quantitative estimate of drug-likeness (QED) is 0.779. The maximum absolute atomic E-state index is 11.8. The minimum atomic E-state index is -0.591. The molecule has 146 valence electrons. The third-order valence-corrected chi connectivity index (χ3v) is 6.30. The van der Waals surface area contributed by atoms with Gasteiger partial charge in [-0.2, -0.15) is 5.26 Å². The van der Waals surface area contributed by atoms with Gasteiger partial charge in [0.15, 0.2) is 11.5 Å². The second-order valence-electron chi connectivity index (χ2n) is 7.96. The van der Waals surface area contributed by atoms with Gasteiger partial charge in [0.1, 0.15) is 0 Å². The SMILES string of the molecule is COc1ccc([C@@]2(C#N)CCC[C@@H](N(C)C(C)=O)C2)cc1OC1CCCC1. The normalized spacial score (nSPS) is 25.6. The first-order valence-corrected chi connectivity index (χ1v) is 9.99. The van der Waals surface area contributed by atoms with Crippen LogP contribution in [0.2, 0.25) is 0 Å². The molecule has 5 heteroatoms. The van der Waals surface area contributed by atoms with Gasteiger partial charge in [0.25, 0.3) is 0 Å². The summed E-state index contributed by atoms with van der Waals surface area (Å²) in [4.78, 5) is 13.6. The molecular formula is C22H30N2O3. The van der Waals surface area contributed by atoms with Crippen LogP contribution in [0, 0.1) is 11.3 Å². The van der Waals surface area contributed by atoms with Crippen molar-refractivity contribution in [3.8, 4) is 17.6 Å². The summed E-state index contributed by atoms with van der Waals surface area (Å²) in [5.41, 5.74) is 0.382. The second-order valence-corrected chi connectivity index (χ2v) is 7.96. The molecule has 0 saturated heterocycles. The van der Waals surface area contributed by atoms with Gasteiger partial charge in [-0.3, -0.25) is 4.79 Å². The molecule has 2 atom stereocenters. The van der Waals surface area contributed by atoms with Crippen LogP contribution < -0.4 is 9.47 Å². The average Bonchev–Trinajstić information content (AvgIpc) is 3.20. The smallest absolute Gasteiger partial charge is 0.219 e. The van der Waals surface area contributed by atoms with Gasteiger partial charge in [-0.1, -0.05) is 6.07 Å². The molecule has 1 amide bonds. The van der Waals surface area contributed by atoms with E-state index in [1.807, 2.05) is 25.2 Å². The number of rotatable bonds is 5. The monoisotopic (exact) mass is 370 g/mol. The van der Waals surface area contributed by atoms with Gasteiger partial charge in [-0.15, -0.1) is 0 Å². The van der Waals surface area contributed by atoms with Crippen LogP contribution in [0.4, 0.5) is 0 Å². The number of carbonyl (C=O) groups is 1. The number of benzene rings is 1. The topological polar surface area (TPSA) is 62.6 Å². The van der Waals surface area contributed by atoms with E-state index in [1.54, 1.807) is 18.9 Å². The van der Waals surface area contributed by atoms with Crippen LogP contribution >= 0.6 is 0 Å². The Kier molecular flexibility index (Phi) is 5.94. The van der Waals surface area contributed by atoms with Gasteiger partial charge >= 0.3 is 0 Å². The molecule has 27 heavy (non-hydrogen) atoms. The van der Waals surface area contributed by atoms with Crippen molar-refractivity contribution in [3.05, 3.63) is 23.8 Å². The number of nitriles is 1. The Labute approximate surface area is 162 Å². The Bertz CT molecular complexity index is 721. The highest BCUT2D eigenvalue weighted by molar-refractivity contribution is 5.73. The molecule has 2 fully saturated rings. The van der Waals surface area contributed by atoms with Crippen LogP contribution in [0.5, 0.6) is 11.5 Å². The number of amides is 1. The summed E-state index contributed by atoms with van der Waals surface area (Å²) in [6, 6.07) is 8.57. The van der Waals surface area contributed by atoms with Crippen molar-refractivity contribution in [1.82, 2.24) is 4.90 Å². The van der Waals surface area contributed by atoms with Crippen molar-refractivity contribution >= 4 is 5.91 Å². The summed E-state index contributed by atoms with van der Waals surface area (Å²) in [7, 11) is 3.48. The van der Waals surface area contributed by atoms with Crippen LogP contribution in [0.1, 0.15) is 63.9 Å². The Hall–Kier alpha value is -2.22. The predicted molar refractivity (Wildman–Crippen MR) is 104 cm³/mol. The highest BCUT2D eigenvalue weighted by Gasteiger charge is 2.40. The largest absolute Gasteiger partial charge is 0.493 e. The fourth-order valence-corrected chi connectivity index (χ4v) is 4.51. The molecule has 0 aliphatic heterocycles. The molecule has 2 saturated carbocycles. The summed E-state index contributed by atoms with van der Waals surface area (Å²) in [6.45, 7) is 1.59. The Morgan fingerprint density at radius 1 is 1.22 bits per heavy atom. The van der Waals surface area contributed by atoms with Crippen LogP contribution in [-0.2, 0) is 10.2 Å². The summed E-state index contributed by atoms with van der Waals surface area (Å²) in [5, 5.41) is 10.1. The molecule has 0 aromatic heterocycles. The molecule has 0 heterocycles. The summed E-state index contributed by atoms with van der Waals surface area (Å²) >= 11 is 0. The van der Waals surface area contributed by atoms with Crippen LogP contribution in [0.3, 0.4) is 0 Å². The minimum Gasteiger partial charge on any atom is -0.493 e. The van der Waals surface area contributed by atoms with E-state index >= 15 is 0 Å². The Morgan fingerprint density at radius 2 is 1.96 bits per heavy atom. The Morgan fingerprint density at radius 3 is 2.59 bits per heavy atom. The third-order valence-electron chi connectivity index (χ3n) is 6.30. The number of methoxy groups -OCH3 is 1. The van der Waals surface area contributed by atoms with E-state index < -0.39 is 5.41 Å². The first-order valence-electron chi connectivity index (χ1n) is 9.99. The molecule has 3 rings (SSSR count). The number of carbonyl (C=O) groups excluding carboxylic acids is 1. The van der Waals surface area contributed by atoms with E-state index in [0.717, 1.165) is 43.4 Å². The lowest BCUT2D eigenvalue weighted by Gasteiger charge is -2.40. The van der Waals surface area contributed by atoms with E-state index in [9.17, 15) is 10.1 Å². The fourth-order valence-electron chi connectivity index (χ4n) is 4.51.